The summed E-state index contributed by atoms with van der Waals surface area (Å²) in [7, 11) is 0. The molecule has 2 nitrogen and oxygen atoms in total. The van der Waals surface area contributed by atoms with E-state index in [1.54, 1.807) is 0 Å². The lowest BCUT2D eigenvalue weighted by atomic mass is 9.82. The van der Waals surface area contributed by atoms with Crippen LogP contribution in [0.4, 0.5) is 0 Å². The molecule has 242 valence electrons. The van der Waals surface area contributed by atoms with Gasteiger partial charge in [0.25, 0.3) is 0 Å². The Morgan fingerprint density at radius 3 is 1.39 bits per heavy atom. The first-order chi connectivity index (χ1) is 25.0. The molecule has 1 aromatic heterocycles. The maximum atomic E-state index is 5.06. The molecule has 0 atom stereocenters. The van der Waals surface area contributed by atoms with Crippen LogP contribution in [0, 0.1) is 0 Å². The monoisotopic (exact) mass is 652 g/mol. The predicted molar refractivity (Wildman–Crippen MR) is 212 cm³/mol. The maximum Gasteiger partial charge on any atom is 0.160 e. The summed E-state index contributed by atoms with van der Waals surface area (Å²) in [5.41, 5.74) is 17.6. The summed E-state index contributed by atoms with van der Waals surface area (Å²) in [6.07, 6.45) is 0. The number of hydrogen-bond acceptors (Lipinski definition) is 2. The van der Waals surface area contributed by atoms with Gasteiger partial charge < -0.3 is 0 Å². The van der Waals surface area contributed by atoms with E-state index in [0.717, 1.165) is 28.1 Å². The molecule has 0 saturated carbocycles. The average molecular weight is 653 g/mol. The molecule has 0 spiro atoms. The normalized spacial score (nSPS) is 12.7. The molecule has 0 aliphatic heterocycles. The molecule has 1 aliphatic rings. The van der Waals surface area contributed by atoms with Gasteiger partial charge in [-0.1, -0.05) is 178 Å². The Hall–Kier alpha value is -6.38. The summed E-state index contributed by atoms with van der Waals surface area (Å²) in [5, 5.41) is 0. The van der Waals surface area contributed by atoms with E-state index in [4.69, 9.17) is 9.97 Å². The van der Waals surface area contributed by atoms with Gasteiger partial charge in [0.1, 0.15) is 0 Å². The van der Waals surface area contributed by atoms with Gasteiger partial charge in [-0.05, 0) is 73.8 Å². The molecule has 7 aromatic carbocycles. The second kappa shape index (κ2) is 12.5. The zero-order valence-corrected chi connectivity index (χ0v) is 28.7. The van der Waals surface area contributed by atoms with E-state index in [2.05, 4.69) is 172 Å². The minimum absolute atomic E-state index is 0.00728. The van der Waals surface area contributed by atoms with Gasteiger partial charge in [0.2, 0.25) is 0 Å². The number of rotatable bonds is 6. The van der Waals surface area contributed by atoms with Crippen molar-refractivity contribution in [2.24, 2.45) is 0 Å². The van der Waals surface area contributed by atoms with E-state index in [1.807, 2.05) is 24.3 Å². The van der Waals surface area contributed by atoms with Gasteiger partial charge in [-0.3, -0.25) is 0 Å². The van der Waals surface area contributed by atoms with Crippen LogP contribution in [0.2, 0.25) is 0 Å². The smallest absolute Gasteiger partial charge is 0.160 e. The lowest BCUT2D eigenvalue weighted by molar-refractivity contribution is 0.660. The molecular formula is C49H36N2. The van der Waals surface area contributed by atoms with Crippen LogP contribution < -0.4 is 0 Å². The number of aromatic nitrogens is 2. The third-order valence-electron chi connectivity index (χ3n) is 10.3. The Kier molecular flexibility index (Phi) is 7.51. The van der Waals surface area contributed by atoms with Crippen molar-refractivity contribution < 1.29 is 0 Å². The number of nitrogens with zero attached hydrogens (tertiary/aromatic N) is 2. The highest BCUT2D eigenvalue weighted by Gasteiger charge is 2.35. The lowest BCUT2D eigenvalue weighted by Gasteiger charge is -2.21. The van der Waals surface area contributed by atoms with Gasteiger partial charge in [-0.15, -0.1) is 0 Å². The Balaban J connectivity index is 1.04. The van der Waals surface area contributed by atoms with Gasteiger partial charge in [-0.25, -0.2) is 9.97 Å². The molecule has 1 aliphatic carbocycles. The van der Waals surface area contributed by atoms with Crippen LogP contribution in [0.3, 0.4) is 0 Å². The molecule has 0 saturated heterocycles. The van der Waals surface area contributed by atoms with Crippen LogP contribution in [0.25, 0.3) is 78.4 Å². The molecule has 0 bridgehead atoms. The van der Waals surface area contributed by atoms with Crippen molar-refractivity contribution in [2.45, 2.75) is 19.3 Å². The summed E-state index contributed by atoms with van der Waals surface area (Å²) in [4.78, 5) is 10.1. The Labute approximate surface area is 299 Å². The van der Waals surface area contributed by atoms with Crippen LogP contribution in [0.5, 0.6) is 0 Å². The highest BCUT2D eigenvalue weighted by Crippen LogP contribution is 2.49. The first-order valence-electron chi connectivity index (χ1n) is 17.6. The van der Waals surface area contributed by atoms with Crippen LogP contribution in [-0.2, 0) is 5.41 Å². The van der Waals surface area contributed by atoms with Crippen molar-refractivity contribution in [3.05, 3.63) is 193 Å². The molecule has 2 heteroatoms. The number of benzene rings is 7. The highest BCUT2D eigenvalue weighted by atomic mass is 14.9. The van der Waals surface area contributed by atoms with E-state index in [9.17, 15) is 0 Å². The molecule has 0 fully saturated rings. The topological polar surface area (TPSA) is 25.8 Å². The maximum absolute atomic E-state index is 5.06. The van der Waals surface area contributed by atoms with Crippen molar-refractivity contribution >= 4 is 0 Å². The first kappa shape index (κ1) is 30.7. The predicted octanol–water partition coefficient (Wildman–Crippen LogP) is 12.8. The summed E-state index contributed by atoms with van der Waals surface area (Å²) >= 11 is 0. The summed E-state index contributed by atoms with van der Waals surface area (Å²) in [6, 6.07) is 64.9. The summed E-state index contributed by atoms with van der Waals surface area (Å²) < 4.78 is 0. The van der Waals surface area contributed by atoms with Crippen molar-refractivity contribution in [1.82, 2.24) is 9.97 Å². The largest absolute Gasteiger partial charge is 0.228 e. The average Bonchev–Trinajstić information content (AvgIpc) is 3.44. The van der Waals surface area contributed by atoms with Gasteiger partial charge in [-0.2, -0.15) is 0 Å². The van der Waals surface area contributed by atoms with Crippen LogP contribution in [0.15, 0.2) is 182 Å². The standard InChI is InChI=1S/C49H36N2/c1-49(2)44-19-10-9-18-42(44)43-31-41(28-29-45(43)49)40-17-11-16-39(30-40)35-22-26-37(27-23-35)47-32-46(50-48(51-47)38-14-7-4-8-15-38)36-24-20-34(21-25-36)33-12-5-3-6-13-33/h3-32H,1-2H3. The van der Waals surface area contributed by atoms with Gasteiger partial charge >= 0.3 is 0 Å². The second-order valence-corrected chi connectivity index (χ2v) is 13.9. The molecule has 51 heavy (non-hydrogen) atoms. The van der Waals surface area contributed by atoms with Crippen molar-refractivity contribution in [3.63, 3.8) is 0 Å². The van der Waals surface area contributed by atoms with Gasteiger partial charge in [0, 0.05) is 22.1 Å². The molecule has 1 heterocycles. The fourth-order valence-electron chi connectivity index (χ4n) is 7.53. The third kappa shape index (κ3) is 5.65. The Bertz CT molecular complexity index is 2510. The minimum Gasteiger partial charge on any atom is -0.228 e. The first-order valence-corrected chi connectivity index (χ1v) is 17.6. The molecule has 9 rings (SSSR count). The highest BCUT2D eigenvalue weighted by molar-refractivity contribution is 5.85. The zero-order chi connectivity index (χ0) is 34.4. The van der Waals surface area contributed by atoms with E-state index < -0.39 is 0 Å². The van der Waals surface area contributed by atoms with E-state index in [0.29, 0.717) is 5.82 Å². The van der Waals surface area contributed by atoms with E-state index in [-0.39, 0.29) is 5.41 Å². The molecule has 0 radical (unpaired) electrons. The third-order valence-corrected chi connectivity index (χ3v) is 10.3. The molecule has 8 aromatic rings. The zero-order valence-electron chi connectivity index (χ0n) is 28.7. The Morgan fingerprint density at radius 2 is 0.745 bits per heavy atom. The minimum atomic E-state index is 0.00728. The SMILES string of the molecule is CC1(C)c2ccccc2-c2cc(-c3cccc(-c4ccc(-c5cc(-c6ccc(-c7ccccc7)cc6)nc(-c6ccccc6)n5)cc4)c3)ccc21. The van der Waals surface area contributed by atoms with Crippen molar-refractivity contribution in [3.8, 4) is 78.4 Å². The Morgan fingerprint density at radius 1 is 0.314 bits per heavy atom. The number of hydrogen-bond donors (Lipinski definition) is 0. The molecule has 0 unspecified atom stereocenters. The van der Waals surface area contributed by atoms with Crippen LogP contribution >= 0.6 is 0 Å². The summed E-state index contributed by atoms with van der Waals surface area (Å²) in [6.45, 7) is 4.66. The summed E-state index contributed by atoms with van der Waals surface area (Å²) in [5.74, 6) is 0.715. The second-order valence-electron chi connectivity index (χ2n) is 13.9. The van der Waals surface area contributed by atoms with Crippen molar-refractivity contribution in [2.75, 3.05) is 0 Å². The van der Waals surface area contributed by atoms with Gasteiger partial charge in [0.15, 0.2) is 5.82 Å². The lowest BCUT2D eigenvalue weighted by Crippen LogP contribution is -2.14. The fourth-order valence-corrected chi connectivity index (χ4v) is 7.53. The van der Waals surface area contributed by atoms with Crippen molar-refractivity contribution in [1.29, 1.82) is 0 Å². The molecular weight excluding hydrogens is 617 g/mol. The van der Waals surface area contributed by atoms with Crippen LogP contribution in [0.1, 0.15) is 25.0 Å². The van der Waals surface area contributed by atoms with Crippen LogP contribution in [-0.4, -0.2) is 9.97 Å². The quantitative estimate of drug-likeness (QED) is 0.179. The number of fused-ring (bicyclic) bond motifs is 3. The fraction of sp³-hybridized carbons (Fsp3) is 0.0612. The van der Waals surface area contributed by atoms with E-state index >= 15 is 0 Å². The van der Waals surface area contributed by atoms with E-state index in [1.165, 1.54) is 55.6 Å². The van der Waals surface area contributed by atoms with Gasteiger partial charge in [0.05, 0.1) is 11.4 Å². The molecule has 0 amide bonds. The molecule has 0 N–H and O–H groups in total.